The maximum Gasteiger partial charge on any atom is 0.287 e. The minimum absolute atomic E-state index is 0.0118. The van der Waals surface area contributed by atoms with E-state index in [9.17, 15) is 9.59 Å². The van der Waals surface area contributed by atoms with Gasteiger partial charge in [-0.3, -0.25) is 9.59 Å². The molecule has 0 spiro atoms. The van der Waals surface area contributed by atoms with Crippen molar-refractivity contribution in [1.29, 1.82) is 0 Å². The fraction of sp³-hybridized carbons (Fsp3) is 0.259. The summed E-state index contributed by atoms with van der Waals surface area (Å²) in [6.07, 6.45) is 1.52. The van der Waals surface area contributed by atoms with Crippen LogP contribution < -0.4 is 15.5 Å². The molecule has 0 unspecified atom stereocenters. The van der Waals surface area contributed by atoms with Crippen LogP contribution in [-0.2, 0) is 9.59 Å². The zero-order valence-electron chi connectivity index (χ0n) is 18.4. The second-order valence-electron chi connectivity index (χ2n) is 8.49. The third kappa shape index (κ3) is 5.42. The first-order valence-corrected chi connectivity index (χ1v) is 11.2. The first-order chi connectivity index (χ1) is 15.6. The van der Waals surface area contributed by atoms with Crippen molar-refractivity contribution in [3.63, 3.8) is 0 Å². The van der Waals surface area contributed by atoms with E-state index in [1.165, 1.54) is 4.90 Å². The molecule has 1 saturated heterocycles. The molecule has 0 aliphatic carbocycles. The van der Waals surface area contributed by atoms with Gasteiger partial charge < -0.3 is 15.5 Å². The van der Waals surface area contributed by atoms with E-state index in [1.807, 2.05) is 91.9 Å². The monoisotopic (exact) mass is 428 g/mol. The van der Waals surface area contributed by atoms with E-state index < -0.39 is 0 Å². The summed E-state index contributed by atoms with van der Waals surface area (Å²) in [5.41, 5.74) is 3.79. The highest BCUT2D eigenvalue weighted by Crippen LogP contribution is 2.19. The summed E-state index contributed by atoms with van der Waals surface area (Å²) in [4.78, 5) is 27.3. The highest BCUT2D eigenvalue weighted by Gasteiger charge is 2.36. The minimum Gasteiger partial charge on any atom is -0.326 e. The Kier molecular flexibility index (Phi) is 6.97. The van der Waals surface area contributed by atoms with Crippen molar-refractivity contribution in [2.75, 3.05) is 23.7 Å². The van der Waals surface area contributed by atoms with Crippen LogP contribution in [0.5, 0.6) is 0 Å². The molecular weight excluding hydrogens is 398 g/mol. The first-order valence-electron chi connectivity index (χ1n) is 11.2. The van der Waals surface area contributed by atoms with Crippen molar-refractivity contribution in [3.05, 3.63) is 96.1 Å². The standard InChI is InChI=1S/C27H29N3O2/c1-20-12-14-24(15-13-20)29-27(32)25(21-8-4-2-5-9-21)30-18-16-22(17-19-30)26(31)28-23-10-6-3-7-11-23/h2-15,22,25H,16-19H2,1H3,(H,28,31)(H,29,32)/p+1/t25-/m0/s1. The van der Waals surface area contributed by atoms with Crippen molar-refractivity contribution < 1.29 is 14.5 Å². The van der Waals surface area contributed by atoms with E-state index >= 15 is 0 Å². The topological polar surface area (TPSA) is 62.6 Å². The lowest BCUT2D eigenvalue weighted by Crippen LogP contribution is -3.14. The lowest BCUT2D eigenvalue weighted by Gasteiger charge is -2.33. The van der Waals surface area contributed by atoms with Crippen LogP contribution in [0.15, 0.2) is 84.9 Å². The maximum absolute atomic E-state index is 13.3. The fourth-order valence-electron chi connectivity index (χ4n) is 4.37. The number of nitrogens with one attached hydrogen (secondary N) is 3. The van der Waals surface area contributed by atoms with Crippen molar-refractivity contribution in [2.45, 2.75) is 25.8 Å². The number of hydrogen-bond donors (Lipinski definition) is 3. The zero-order valence-corrected chi connectivity index (χ0v) is 18.4. The van der Waals surface area contributed by atoms with E-state index in [4.69, 9.17) is 0 Å². The number of quaternary nitrogens is 1. The molecule has 3 N–H and O–H groups in total. The van der Waals surface area contributed by atoms with Gasteiger partial charge in [0.25, 0.3) is 5.91 Å². The van der Waals surface area contributed by atoms with Crippen LogP contribution in [-0.4, -0.2) is 24.9 Å². The molecular formula is C27H30N3O2+. The minimum atomic E-state index is -0.310. The summed E-state index contributed by atoms with van der Waals surface area (Å²) >= 11 is 0. The van der Waals surface area contributed by atoms with Gasteiger partial charge in [-0.2, -0.15) is 0 Å². The summed E-state index contributed by atoms with van der Waals surface area (Å²) in [7, 11) is 0. The molecule has 164 valence electrons. The van der Waals surface area contributed by atoms with Gasteiger partial charge >= 0.3 is 0 Å². The Hall–Kier alpha value is -3.44. The van der Waals surface area contributed by atoms with Crippen LogP contribution in [0.1, 0.15) is 30.0 Å². The molecule has 0 saturated carbocycles. The first kappa shape index (κ1) is 21.8. The smallest absolute Gasteiger partial charge is 0.287 e. The molecule has 5 nitrogen and oxygen atoms in total. The summed E-state index contributed by atoms with van der Waals surface area (Å²) in [6, 6.07) is 27.1. The zero-order chi connectivity index (χ0) is 22.3. The third-order valence-electron chi connectivity index (χ3n) is 6.16. The number of anilines is 2. The number of carbonyl (C=O) groups is 2. The van der Waals surface area contributed by atoms with Gasteiger partial charge in [0.05, 0.1) is 13.1 Å². The van der Waals surface area contributed by atoms with Gasteiger partial charge in [0.2, 0.25) is 5.91 Å². The van der Waals surface area contributed by atoms with E-state index in [2.05, 4.69) is 10.6 Å². The number of carbonyl (C=O) groups excluding carboxylic acids is 2. The number of likely N-dealkylation sites (tertiary alicyclic amines) is 1. The molecule has 2 amide bonds. The van der Waals surface area contributed by atoms with Crippen LogP contribution >= 0.6 is 0 Å². The molecule has 1 heterocycles. The number of rotatable bonds is 6. The molecule has 1 atom stereocenters. The summed E-state index contributed by atoms with van der Waals surface area (Å²) < 4.78 is 0. The maximum atomic E-state index is 13.3. The number of para-hydroxylation sites is 1. The van der Waals surface area contributed by atoms with Crippen molar-refractivity contribution >= 4 is 23.2 Å². The summed E-state index contributed by atoms with van der Waals surface area (Å²) in [6.45, 7) is 3.57. The van der Waals surface area contributed by atoms with E-state index in [1.54, 1.807) is 0 Å². The Labute approximate surface area is 189 Å². The molecule has 32 heavy (non-hydrogen) atoms. The van der Waals surface area contributed by atoms with Gasteiger partial charge in [0.1, 0.15) is 0 Å². The Bertz CT molecular complexity index is 1030. The van der Waals surface area contributed by atoms with Crippen LogP contribution in [0.3, 0.4) is 0 Å². The van der Waals surface area contributed by atoms with Crippen LogP contribution in [0.2, 0.25) is 0 Å². The van der Waals surface area contributed by atoms with E-state index in [0.29, 0.717) is 0 Å². The predicted octanol–water partition coefficient (Wildman–Crippen LogP) is 3.61. The highest BCUT2D eigenvalue weighted by molar-refractivity contribution is 5.95. The lowest BCUT2D eigenvalue weighted by molar-refractivity contribution is -0.927. The van der Waals surface area contributed by atoms with Crippen molar-refractivity contribution in [1.82, 2.24) is 0 Å². The third-order valence-corrected chi connectivity index (χ3v) is 6.16. The molecule has 3 aromatic carbocycles. The summed E-state index contributed by atoms with van der Waals surface area (Å²) in [5, 5.41) is 6.11. The highest BCUT2D eigenvalue weighted by atomic mass is 16.2. The Balaban J connectivity index is 1.44. The molecule has 3 aromatic rings. The van der Waals surface area contributed by atoms with Gasteiger partial charge in [0, 0.05) is 35.7 Å². The van der Waals surface area contributed by atoms with Gasteiger partial charge in [-0.15, -0.1) is 0 Å². The van der Waals surface area contributed by atoms with E-state index in [-0.39, 0.29) is 23.8 Å². The largest absolute Gasteiger partial charge is 0.326 e. The summed E-state index contributed by atoms with van der Waals surface area (Å²) in [5.74, 6) is 0.0217. The van der Waals surface area contributed by atoms with Crippen LogP contribution in [0.4, 0.5) is 11.4 Å². The molecule has 4 rings (SSSR count). The molecule has 0 bridgehead atoms. The van der Waals surface area contributed by atoms with Gasteiger partial charge in [-0.05, 0) is 31.2 Å². The van der Waals surface area contributed by atoms with Gasteiger partial charge in [-0.1, -0.05) is 66.2 Å². The Morgan fingerprint density at radius 2 is 1.34 bits per heavy atom. The molecule has 1 fully saturated rings. The quantitative estimate of drug-likeness (QED) is 0.562. The van der Waals surface area contributed by atoms with Gasteiger partial charge in [-0.25, -0.2) is 0 Å². The second-order valence-corrected chi connectivity index (χ2v) is 8.49. The number of piperidine rings is 1. The lowest BCUT2D eigenvalue weighted by atomic mass is 9.93. The molecule has 0 radical (unpaired) electrons. The van der Waals surface area contributed by atoms with Crippen LogP contribution in [0.25, 0.3) is 0 Å². The average molecular weight is 429 g/mol. The molecule has 0 aromatic heterocycles. The number of hydrogen-bond acceptors (Lipinski definition) is 2. The van der Waals surface area contributed by atoms with Crippen molar-refractivity contribution in [3.8, 4) is 0 Å². The second kappa shape index (κ2) is 10.2. The average Bonchev–Trinajstić information content (AvgIpc) is 2.82. The SMILES string of the molecule is Cc1ccc(NC(=O)[C@H](c2ccccc2)[NH+]2CCC(C(=O)Nc3ccccc3)CC2)cc1. The van der Waals surface area contributed by atoms with E-state index in [0.717, 1.165) is 48.4 Å². The number of benzene rings is 3. The normalized spacial score (nSPS) is 19.0. The van der Waals surface area contributed by atoms with Crippen LogP contribution in [0, 0.1) is 12.8 Å². The fourth-order valence-corrected chi connectivity index (χ4v) is 4.37. The molecule has 1 aliphatic heterocycles. The number of amides is 2. The van der Waals surface area contributed by atoms with Crippen molar-refractivity contribution in [2.24, 2.45) is 5.92 Å². The Morgan fingerprint density at radius 1 is 0.781 bits per heavy atom. The molecule has 1 aliphatic rings. The van der Waals surface area contributed by atoms with Gasteiger partial charge in [0.15, 0.2) is 6.04 Å². The Morgan fingerprint density at radius 3 is 1.97 bits per heavy atom. The number of aryl methyl sites for hydroxylation is 1. The molecule has 5 heteroatoms. The predicted molar refractivity (Wildman–Crippen MR) is 127 cm³/mol.